The van der Waals surface area contributed by atoms with Gasteiger partial charge in [-0.25, -0.2) is 0 Å². The summed E-state index contributed by atoms with van der Waals surface area (Å²) >= 11 is 0. The second-order valence-corrected chi connectivity index (χ2v) is 21.8. The van der Waals surface area contributed by atoms with Crippen molar-refractivity contribution in [2.24, 2.45) is 16.2 Å². The first kappa shape index (κ1) is 41.2. The lowest BCUT2D eigenvalue weighted by atomic mass is 9.89. The molecule has 0 aromatic rings. The first-order chi connectivity index (χ1) is 19.1. The van der Waals surface area contributed by atoms with Gasteiger partial charge in [0.15, 0.2) is 8.32 Å². The van der Waals surface area contributed by atoms with Crippen molar-refractivity contribution in [1.82, 2.24) is 0 Å². The molecule has 0 rings (SSSR count). The van der Waals surface area contributed by atoms with Crippen molar-refractivity contribution in [1.29, 1.82) is 0 Å². The van der Waals surface area contributed by atoms with Crippen molar-refractivity contribution in [3.8, 4) is 0 Å². The molecule has 0 aliphatic heterocycles. The molecule has 1 N–H and O–H groups in total. The molecule has 0 aromatic heterocycles. The van der Waals surface area contributed by atoms with E-state index in [1.165, 1.54) is 172 Å². The van der Waals surface area contributed by atoms with Crippen LogP contribution in [0.1, 0.15) is 216 Å². The zero-order valence-corrected chi connectivity index (χ0v) is 31.5. The lowest BCUT2D eigenvalue weighted by molar-refractivity contribution is 0.356. The van der Waals surface area contributed by atoms with E-state index in [-0.39, 0.29) is 0 Å². The molecule has 0 aliphatic carbocycles. The molecule has 0 saturated heterocycles. The Morgan fingerprint density at radius 1 is 0.293 bits per heavy atom. The molecular weight excluding hydrogens is 513 g/mol. The van der Waals surface area contributed by atoms with Crippen molar-refractivity contribution in [2.75, 3.05) is 0 Å². The monoisotopic (exact) mass is 595 g/mol. The first-order valence-electron chi connectivity index (χ1n) is 18.8. The standard InChI is InChI=1S/C39H82OSi/c1-37(2,3)31-25-19-13-10-16-22-28-34-41(40,35-29-23-17-11-14-20-26-32-38(4,5)6)36-30-24-18-12-15-21-27-33-39(7,8)9/h40H,10-36H2,1-9H3. The molecule has 0 fully saturated rings. The van der Waals surface area contributed by atoms with Gasteiger partial charge in [0.2, 0.25) is 0 Å². The van der Waals surface area contributed by atoms with Crippen LogP contribution in [0.3, 0.4) is 0 Å². The van der Waals surface area contributed by atoms with E-state index in [1.54, 1.807) is 0 Å². The van der Waals surface area contributed by atoms with Gasteiger partial charge in [-0.05, 0) is 53.6 Å². The van der Waals surface area contributed by atoms with Gasteiger partial charge in [0, 0.05) is 0 Å². The van der Waals surface area contributed by atoms with E-state index >= 15 is 0 Å². The number of rotatable bonds is 27. The van der Waals surface area contributed by atoms with Gasteiger partial charge in [0.05, 0.1) is 0 Å². The summed E-state index contributed by atoms with van der Waals surface area (Å²) in [6.07, 6.45) is 32.9. The quantitative estimate of drug-likeness (QED) is 0.0740. The Hall–Kier alpha value is 0.177. The van der Waals surface area contributed by atoms with Crippen LogP contribution < -0.4 is 0 Å². The van der Waals surface area contributed by atoms with E-state index in [1.807, 2.05) is 0 Å². The molecule has 0 saturated carbocycles. The van der Waals surface area contributed by atoms with Crippen LogP contribution in [-0.4, -0.2) is 13.1 Å². The topological polar surface area (TPSA) is 20.2 Å². The Kier molecular flexibility index (Phi) is 23.6. The van der Waals surface area contributed by atoms with Crippen LogP contribution >= 0.6 is 0 Å². The molecule has 0 spiro atoms. The molecule has 0 heterocycles. The minimum Gasteiger partial charge on any atom is -0.432 e. The molecule has 248 valence electrons. The maximum Gasteiger partial charge on any atom is 0.188 e. The normalized spacial score (nSPS) is 13.3. The Labute approximate surface area is 263 Å². The molecule has 0 aromatic carbocycles. The lowest BCUT2D eigenvalue weighted by Gasteiger charge is -2.25. The van der Waals surface area contributed by atoms with Crippen LogP contribution in [0.15, 0.2) is 0 Å². The van der Waals surface area contributed by atoms with Gasteiger partial charge in [-0.1, -0.05) is 197 Å². The van der Waals surface area contributed by atoms with Crippen LogP contribution in [0.25, 0.3) is 0 Å². The maximum absolute atomic E-state index is 11.8. The van der Waals surface area contributed by atoms with Crippen LogP contribution in [0.5, 0.6) is 0 Å². The summed E-state index contributed by atoms with van der Waals surface area (Å²) in [7, 11) is -2.06. The largest absolute Gasteiger partial charge is 0.432 e. The number of unbranched alkanes of at least 4 members (excludes halogenated alkanes) is 18. The van der Waals surface area contributed by atoms with Crippen molar-refractivity contribution >= 4 is 8.32 Å². The first-order valence-corrected chi connectivity index (χ1v) is 21.4. The second-order valence-electron chi connectivity index (χ2n) is 17.8. The minimum absolute atomic E-state index is 0.493. The van der Waals surface area contributed by atoms with Gasteiger partial charge in [0.25, 0.3) is 0 Å². The second kappa shape index (κ2) is 23.5. The molecule has 0 unspecified atom stereocenters. The summed E-state index contributed by atoms with van der Waals surface area (Å²) in [4.78, 5) is 11.8. The van der Waals surface area contributed by atoms with Gasteiger partial charge in [-0.3, -0.25) is 0 Å². The molecule has 0 atom stereocenters. The zero-order chi connectivity index (χ0) is 31.1. The average Bonchev–Trinajstić information content (AvgIpc) is 2.84. The Morgan fingerprint density at radius 2 is 0.463 bits per heavy atom. The molecule has 2 heteroatoms. The van der Waals surface area contributed by atoms with Gasteiger partial charge in [-0.15, -0.1) is 0 Å². The van der Waals surface area contributed by atoms with Gasteiger partial charge in [-0.2, -0.15) is 0 Å². The predicted molar refractivity (Wildman–Crippen MR) is 192 cm³/mol. The van der Waals surface area contributed by atoms with E-state index in [0.29, 0.717) is 16.2 Å². The lowest BCUT2D eigenvalue weighted by Crippen LogP contribution is -2.34. The highest BCUT2D eigenvalue weighted by Gasteiger charge is 2.29. The smallest absolute Gasteiger partial charge is 0.188 e. The molecule has 0 amide bonds. The van der Waals surface area contributed by atoms with Crippen LogP contribution in [0, 0.1) is 16.2 Å². The fourth-order valence-corrected chi connectivity index (χ4v) is 9.83. The minimum atomic E-state index is -2.06. The summed E-state index contributed by atoms with van der Waals surface area (Å²) in [6.45, 7) is 21.3. The molecule has 0 radical (unpaired) electrons. The van der Waals surface area contributed by atoms with E-state index in [4.69, 9.17) is 0 Å². The Bertz CT molecular complexity index is 483. The Balaban J connectivity index is 4.20. The number of hydrogen-bond acceptors (Lipinski definition) is 1. The average molecular weight is 595 g/mol. The summed E-state index contributed by atoms with van der Waals surface area (Å²) < 4.78 is 0. The molecule has 1 nitrogen and oxygen atoms in total. The van der Waals surface area contributed by atoms with Crippen LogP contribution in [0.4, 0.5) is 0 Å². The van der Waals surface area contributed by atoms with Gasteiger partial charge < -0.3 is 4.80 Å². The van der Waals surface area contributed by atoms with Gasteiger partial charge >= 0.3 is 0 Å². The van der Waals surface area contributed by atoms with E-state index in [9.17, 15) is 4.80 Å². The summed E-state index contributed by atoms with van der Waals surface area (Å²) in [5.74, 6) is 0. The maximum atomic E-state index is 11.8. The van der Waals surface area contributed by atoms with Crippen molar-refractivity contribution in [2.45, 2.75) is 235 Å². The van der Waals surface area contributed by atoms with Crippen LogP contribution in [-0.2, 0) is 0 Å². The van der Waals surface area contributed by atoms with Crippen molar-refractivity contribution in [3.63, 3.8) is 0 Å². The highest BCUT2D eigenvalue weighted by atomic mass is 28.4. The third kappa shape index (κ3) is 32.9. The predicted octanol–water partition coefficient (Wildman–Crippen LogP) is 14.4. The molecule has 41 heavy (non-hydrogen) atoms. The summed E-state index contributed by atoms with van der Waals surface area (Å²) in [5, 5.41) is 0. The third-order valence-electron chi connectivity index (χ3n) is 9.21. The Morgan fingerprint density at radius 3 is 0.659 bits per heavy atom. The van der Waals surface area contributed by atoms with Crippen molar-refractivity contribution < 1.29 is 4.80 Å². The fourth-order valence-electron chi connectivity index (χ4n) is 6.35. The van der Waals surface area contributed by atoms with Crippen LogP contribution in [0.2, 0.25) is 18.1 Å². The third-order valence-corrected chi connectivity index (χ3v) is 13.1. The molecule has 0 bridgehead atoms. The van der Waals surface area contributed by atoms with Crippen molar-refractivity contribution in [3.05, 3.63) is 0 Å². The SMILES string of the molecule is CC(C)(C)CCCCCCCCC[Si](O)(CCCCCCCCCC(C)(C)C)CCCCCCCCCC(C)(C)C. The van der Waals surface area contributed by atoms with E-state index in [2.05, 4.69) is 62.3 Å². The fraction of sp³-hybridized carbons (Fsp3) is 1.00. The number of hydrogen-bond donors (Lipinski definition) is 1. The van der Waals surface area contributed by atoms with Gasteiger partial charge in [0.1, 0.15) is 0 Å². The van der Waals surface area contributed by atoms with E-state index < -0.39 is 8.32 Å². The summed E-state index contributed by atoms with van der Waals surface area (Å²) in [6, 6.07) is 3.53. The highest BCUT2D eigenvalue weighted by molar-refractivity contribution is 6.72. The van der Waals surface area contributed by atoms with E-state index in [0.717, 1.165) is 0 Å². The highest BCUT2D eigenvalue weighted by Crippen LogP contribution is 2.29. The summed E-state index contributed by atoms with van der Waals surface area (Å²) in [5.41, 5.74) is 1.48. The zero-order valence-electron chi connectivity index (χ0n) is 30.5. The molecular formula is C39H82OSi. The molecule has 0 aliphatic rings.